The lowest BCUT2D eigenvalue weighted by Gasteiger charge is -2.18. The van der Waals surface area contributed by atoms with Crippen LogP contribution in [0.25, 0.3) is 6.08 Å². The molecule has 29 heavy (non-hydrogen) atoms. The van der Waals surface area contributed by atoms with E-state index in [9.17, 15) is 9.59 Å². The van der Waals surface area contributed by atoms with E-state index in [2.05, 4.69) is 5.32 Å². The van der Waals surface area contributed by atoms with E-state index in [1.54, 1.807) is 42.5 Å². The third-order valence-corrected chi connectivity index (χ3v) is 4.01. The van der Waals surface area contributed by atoms with Gasteiger partial charge in [-0.05, 0) is 35.9 Å². The first kappa shape index (κ1) is 20.1. The van der Waals surface area contributed by atoms with Gasteiger partial charge in [0.1, 0.15) is 24.7 Å². The van der Waals surface area contributed by atoms with Crippen LogP contribution in [0.1, 0.15) is 5.56 Å². The van der Waals surface area contributed by atoms with Crippen molar-refractivity contribution in [3.8, 4) is 23.0 Å². The molecule has 0 saturated carbocycles. The average Bonchev–Trinajstić information content (AvgIpc) is 2.76. The fourth-order valence-electron chi connectivity index (χ4n) is 2.60. The van der Waals surface area contributed by atoms with Crippen LogP contribution in [0.5, 0.6) is 23.0 Å². The summed E-state index contributed by atoms with van der Waals surface area (Å²) in [5.41, 5.74) is 1.19. The van der Waals surface area contributed by atoms with Crippen molar-refractivity contribution in [3.63, 3.8) is 0 Å². The Morgan fingerprint density at radius 2 is 1.83 bits per heavy atom. The van der Waals surface area contributed by atoms with Gasteiger partial charge >= 0.3 is 5.97 Å². The number of benzene rings is 2. The van der Waals surface area contributed by atoms with Gasteiger partial charge in [0.2, 0.25) is 0 Å². The molecule has 3 rings (SSSR count). The number of nitrogens with one attached hydrogen (secondary N) is 1. The molecule has 0 unspecified atom stereocenters. The van der Waals surface area contributed by atoms with Gasteiger partial charge in [-0.2, -0.15) is 0 Å². The molecule has 0 spiro atoms. The molecule has 8 nitrogen and oxygen atoms in total. The highest BCUT2D eigenvalue weighted by molar-refractivity contribution is 5.95. The molecule has 1 heterocycles. The summed E-state index contributed by atoms with van der Waals surface area (Å²) in [4.78, 5) is 23.9. The smallest absolute Gasteiger partial charge is 0.331 e. The van der Waals surface area contributed by atoms with Crippen LogP contribution in [-0.4, -0.2) is 45.9 Å². The molecule has 8 heteroatoms. The van der Waals surface area contributed by atoms with Crippen LogP contribution in [-0.2, 0) is 14.3 Å². The zero-order valence-corrected chi connectivity index (χ0v) is 16.1. The van der Waals surface area contributed by atoms with Crippen molar-refractivity contribution >= 4 is 23.6 Å². The first-order chi connectivity index (χ1) is 14.1. The SMILES string of the molecule is COc1ccc(NC(=O)COC(=O)/C=C/c2ccc3c(c2)OCCO3)c(OC)c1. The quantitative estimate of drug-likeness (QED) is 0.565. The first-order valence-corrected chi connectivity index (χ1v) is 8.85. The number of esters is 1. The lowest BCUT2D eigenvalue weighted by molar-refractivity contribution is -0.142. The molecule has 1 aliphatic heterocycles. The summed E-state index contributed by atoms with van der Waals surface area (Å²) < 4.78 is 26.2. The molecule has 0 aromatic heterocycles. The lowest BCUT2D eigenvalue weighted by Crippen LogP contribution is -2.20. The number of rotatable bonds is 7. The third-order valence-electron chi connectivity index (χ3n) is 4.01. The van der Waals surface area contributed by atoms with Crippen molar-refractivity contribution in [1.82, 2.24) is 0 Å². The number of hydrogen-bond acceptors (Lipinski definition) is 7. The third kappa shape index (κ3) is 5.41. The predicted octanol–water partition coefficient (Wildman–Crippen LogP) is 2.67. The van der Waals surface area contributed by atoms with E-state index in [4.69, 9.17) is 23.7 Å². The van der Waals surface area contributed by atoms with Crippen molar-refractivity contribution in [2.24, 2.45) is 0 Å². The van der Waals surface area contributed by atoms with Gasteiger partial charge in [0.25, 0.3) is 5.91 Å². The molecular weight excluding hydrogens is 378 g/mol. The highest BCUT2D eigenvalue weighted by atomic mass is 16.6. The van der Waals surface area contributed by atoms with E-state index >= 15 is 0 Å². The Morgan fingerprint density at radius 3 is 2.59 bits per heavy atom. The Labute approximate surface area is 168 Å². The van der Waals surface area contributed by atoms with E-state index in [0.717, 1.165) is 5.56 Å². The number of anilines is 1. The number of fused-ring (bicyclic) bond motifs is 1. The Balaban J connectivity index is 1.51. The summed E-state index contributed by atoms with van der Waals surface area (Å²) in [6.07, 6.45) is 2.82. The van der Waals surface area contributed by atoms with Crippen LogP contribution >= 0.6 is 0 Å². The Bertz CT molecular complexity index is 923. The predicted molar refractivity (Wildman–Crippen MR) is 106 cm³/mol. The van der Waals surface area contributed by atoms with Crippen LogP contribution in [0.3, 0.4) is 0 Å². The molecule has 0 aliphatic carbocycles. The van der Waals surface area contributed by atoms with E-state index in [1.165, 1.54) is 20.3 Å². The van der Waals surface area contributed by atoms with Gasteiger partial charge in [0, 0.05) is 12.1 Å². The minimum absolute atomic E-state index is 0.431. The largest absolute Gasteiger partial charge is 0.497 e. The highest BCUT2D eigenvalue weighted by Gasteiger charge is 2.12. The Hall–Kier alpha value is -3.68. The Morgan fingerprint density at radius 1 is 1.03 bits per heavy atom. The van der Waals surface area contributed by atoms with Crippen LogP contribution in [0.2, 0.25) is 0 Å². The highest BCUT2D eigenvalue weighted by Crippen LogP contribution is 2.31. The second-order valence-corrected chi connectivity index (χ2v) is 5.96. The summed E-state index contributed by atoms with van der Waals surface area (Å²) in [6, 6.07) is 10.3. The van der Waals surface area contributed by atoms with Gasteiger partial charge in [0.05, 0.1) is 19.9 Å². The van der Waals surface area contributed by atoms with Crippen molar-refractivity contribution in [1.29, 1.82) is 0 Å². The maximum atomic E-state index is 12.0. The molecule has 0 radical (unpaired) electrons. The molecule has 0 saturated heterocycles. The molecule has 2 aromatic carbocycles. The molecule has 0 atom stereocenters. The van der Waals surface area contributed by atoms with E-state index < -0.39 is 18.5 Å². The number of methoxy groups -OCH3 is 2. The van der Waals surface area contributed by atoms with E-state index in [0.29, 0.717) is 41.9 Å². The summed E-state index contributed by atoms with van der Waals surface area (Å²) in [6.45, 7) is 0.564. The molecule has 152 valence electrons. The molecule has 1 amide bonds. The fraction of sp³-hybridized carbons (Fsp3) is 0.238. The molecular formula is C21H21NO7. The number of carbonyl (C=O) groups is 2. The number of carbonyl (C=O) groups excluding carboxylic acids is 2. The molecule has 1 aliphatic rings. The Kier molecular flexibility index (Phi) is 6.57. The minimum atomic E-state index is -0.642. The second kappa shape index (κ2) is 9.50. The van der Waals surface area contributed by atoms with Gasteiger partial charge < -0.3 is 29.0 Å². The van der Waals surface area contributed by atoms with Crippen molar-refractivity contribution in [3.05, 3.63) is 48.0 Å². The normalized spacial score (nSPS) is 12.3. The lowest BCUT2D eigenvalue weighted by atomic mass is 10.2. The summed E-state index contributed by atoms with van der Waals surface area (Å²) in [5.74, 6) is 1.19. The summed E-state index contributed by atoms with van der Waals surface area (Å²) in [5, 5.41) is 2.62. The summed E-state index contributed by atoms with van der Waals surface area (Å²) >= 11 is 0. The number of amides is 1. The average molecular weight is 399 g/mol. The van der Waals surface area contributed by atoms with Gasteiger partial charge in [-0.15, -0.1) is 0 Å². The van der Waals surface area contributed by atoms with Crippen LogP contribution in [0.15, 0.2) is 42.5 Å². The number of hydrogen-bond donors (Lipinski definition) is 1. The van der Waals surface area contributed by atoms with Crippen LogP contribution in [0.4, 0.5) is 5.69 Å². The van der Waals surface area contributed by atoms with Crippen LogP contribution < -0.4 is 24.3 Å². The van der Waals surface area contributed by atoms with E-state index in [1.807, 2.05) is 0 Å². The van der Waals surface area contributed by atoms with Crippen molar-refractivity contribution in [2.75, 3.05) is 39.4 Å². The summed E-state index contributed by atoms with van der Waals surface area (Å²) in [7, 11) is 3.01. The van der Waals surface area contributed by atoms with Gasteiger partial charge in [-0.1, -0.05) is 6.07 Å². The van der Waals surface area contributed by atoms with Gasteiger partial charge in [-0.3, -0.25) is 4.79 Å². The monoisotopic (exact) mass is 399 g/mol. The topological polar surface area (TPSA) is 92.3 Å². The zero-order valence-electron chi connectivity index (χ0n) is 16.1. The van der Waals surface area contributed by atoms with Gasteiger partial charge in [-0.25, -0.2) is 4.79 Å². The second-order valence-electron chi connectivity index (χ2n) is 5.96. The molecule has 0 bridgehead atoms. The zero-order chi connectivity index (χ0) is 20.6. The van der Waals surface area contributed by atoms with Crippen molar-refractivity contribution < 1.29 is 33.3 Å². The first-order valence-electron chi connectivity index (χ1n) is 8.85. The molecule has 1 N–H and O–H groups in total. The standard InChI is InChI=1S/C21H21NO7/c1-25-15-5-6-16(18(12-15)26-2)22-20(23)13-29-21(24)8-4-14-3-7-17-19(11-14)28-10-9-27-17/h3-8,11-12H,9-10,13H2,1-2H3,(H,22,23)/b8-4+. The fourth-order valence-corrected chi connectivity index (χ4v) is 2.60. The van der Waals surface area contributed by atoms with Crippen LogP contribution in [0, 0.1) is 0 Å². The van der Waals surface area contributed by atoms with Crippen molar-refractivity contribution in [2.45, 2.75) is 0 Å². The molecule has 2 aromatic rings. The molecule has 0 fully saturated rings. The van der Waals surface area contributed by atoms with Gasteiger partial charge in [0.15, 0.2) is 18.1 Å². The maximum Gasteiger partial charge on any atom is 0.331 e. The number of ether oxygens (including phenoxy) is 5. The maximum absolute atomic E-state index is 12.0. The van der Waals surface area contributed by atoms with E-state index in [-0.39, 0.29) is 0 Å². The minimum Gasteiger partial charge on any atom is -0.497 e.